The molecule has 0 N–H and O–H groups in total. The van der Waals surface area contributed by atoms with Crippen LogP contribution in [0.1, 0.15) is 27.0 Å². The van der Waals surface area contributed by atoms with Gasteiger partial charge in [0.15, 0.2) is 11.5 Å². The lowest BCUT2D eigenvalue weighted by molar-refractivity contribution is -0.123. The highest BCUT2D eigenvalue weighted by Gasteiger charge is 2.35. The molecule has 0 spiro atoms. The Hall–Kier alpha value is -3.91. The summed E-state index contributed by atoms with van der Waals surface area (Å²) in [7, 11) is 1.40. The maximum Gasteiger partial charge on any atom is 0.346 e. The van der Waals surface area contributed by atoms with Crippen LogP contribution in [0.3, 0.4) is 0 Å². The Morgan fingerprint density at radius 1 is 1.03 bits per heavy atom. The van der Waals surface area contributed by atoms with Crippen molar-refractivity contribution >= 4 is 35.0 Å². The third-order valence-corrected chi connectivity index (χ3v) is 5.99. The van der Waals surface area contributed by atoms with Gasteiger partial charge in [0, 0.05) is 0 Å². The summed E-state index contributed by atoms with van der Waals surface area (Å²) in [5, 5.41) is -0.347. The van der Waals surface area contributed by atoms with Gasteiger partial charge in [-0.2, -0.15) is 0 Å². The van der Waals surface area contributed by atoms with Crippen LogP contribution in [0.15, 0.2) is 71.6 Å². The fraction of sp³-hybridized carbons (Fsp3) is 0.115. The van der Waals surface area contributed by atoms with E-state index < -0.39 is 11.8 Å². The highest BCUT2D eigenvalue weighted by atomic mass is 32.2. The van der Waals surface area contributed by atoms with Gasteiger partial charge in [-0.25, -0.2) is 9.18 Å². The van der Waals surface area contributed by atoms with Gasteiger partial charge in [0.2, 0.25) is 0 Å². The molecule has 0 radical (unpaired) electrons. The molecule has 1 fully saturated rings. The minimum absolute atomic E-state index is 0.0976. The van der Waals surface area contributed by atoms with Crippen LogP contribution >= 0.6 is 11.8 Å². The van der Waals surface area contributed by atoms with Crippen LogP contribution in [0, 0.1) is 12.7 Å². The van der Waals surface area contributed by atoms with E-state index in [1.54, 1.807) is 18.2 Å². The quantitative estimate of drug-likeness (QED) is 0.262. The van der Waals surface area contributed by atoms with Gasteiger partial charge < -0.3 is 9.47 Å². The lowest BCUT2D eigenvalue weighted by atomic mass is 10.1. The number of aryl methyl sites for hydroxylation is 1. The van der Waals surface area contributed by atoms with Crippen LogP contribution in [0.5, 0.6) is 11.5 Å². The van der Waals surface area contributed by atoms with E-state index in [0.717, 1.165) is 22.9 Å². The maximum atomic E-state index is 13.9. The van der Waals surface area contributed by atoms with E-state index in [2.05, 4.69) is 0 Å². The first-order valence-corrected chi connectivity index (χ1v) is 11.1. The molecule has 0 aromatic heterocycles. The van der Waals surface area contributed by atoms with Crippen molar-refractivity contribution in [2.24, 2.45) is 0 Å². The lowest BCUT2D eigenvalue weighted by Crippen LogP contribution is -2.27. The number of hydrogen-bond donors (Lipinski definition) is 0. The molecule has 4 rings (SSSR count). The van der Waals surface area contributed by atoms with Crippen molar-refractivity contribution in [1.29, 1.82) is 0 Å². The monoisotopic (exact) mass is 477 g/mol. The highest BCUT2D eigenvalue weighted by Crippen LogP contribution is 2.35. The SMILES string of the molecule is COc1cc(/C=C2\SC(=O)N(Cc3cccc(C)c3)C2=O)ccc1OC(=O)c1ccccc1F. The summed E-state index contributed by atoms with van der Waals surface area (Å²) in [5.41, 5.74) is 2.29. The average molecular weight is 478 g/mol. The summed E-state index contributed by atoms with van der Waals surface area (Å²) in [6, 6.07) is 17.8. The predicted octanol–water partition coefficient (Wildman–Crippen LogP) is 5.60. The first kappa shape index (κ1) is 23.3. The van der Waals surface area contributed by atoms with Crippen LogP contribution < -0.4 is 9.47 Å². The molecule has 1 aliphatic rings. The molecule has 172 valence electrons. The second kappa shape index (κ2) is 9.93. The second-order valence-corrected chi connectivity index (χ2v) is 8.53. The number of methoxy groups -OCH3 is 1. The van der Waals surface area contributed by atoms with E-state index in [4.69, 9.17) is 9.47 Å². The van der Waals surface area contributed by atoms with E-state index in [1.807, 2.05) is 31.2 Å². The van der Waals surface area contributed by atoms with Crippen molar-refractivity contribution < 1.29 is 28.2 Å². The number of imide groups is 1. The van der Waals surface area contributed by atoms with Gasteiger partial charge in [-0.3, -0.25) is 14.5 Å². The number of hydrogen-bond acceptors (Lipinski definition) is 6. The van der Waals surface area contributed by atoms with E-state index >= 15 is 0 Å². The molecule has 0 aliphatic carbocycles. The number of benzene rings is 3. The Morgan fingerprint density at radius 2 is 1.82 bits per heavy atom. The van der Waals surface area contributed by atoms with Gasteiger partial charge >= 0.3 is 5.97 Å². The normalized spacial score (nSPS) is 14.6. The summed E-state index contributed by atoms with van der Waals surface area (Å²) >= 11 is 0.858. The van der Waals surface area contributed by atoms with E-state index in [1.165, 1.54) is 42.3 Å². The number of thioether (sulfide) groups is 1. The lowest BCUT2D eigenvalue weighted by Gasteiger charge is -2.13. The topological polar surface area (TPSA) is 72.9 Å². The summed E-state index contributed by atoms with van der Waals surface area (Å²) < 4.78 is 24.5. The molecular formula is C26H20FNO5S. The van der Waals surface area contributed by atoms with Crippen LogP contribution in [0.25, 0.3) is 6.08 Å². The zero-order chi connectivity index (χ0) is 24.2. The van der Waals surface area contributed by atoms with Crippen molar-refractivity contribution in [3.8, 4) is 11.5 Å². The standard InChI is InChI=1S/C26H20FNO5S/c1-16-6-5-7-18(12-16)15-28-24(29)23(34-26(28)31)14-17-10-11-21(22(13-17)32-2)33-25(30)19-8-3-4-9-20(19)27/h3-14H,15H2,1-2H3/b23-14-. The van der Waals surface area contributed by atoms with E-state index in [9.17, 15) is 18.8 Å². The Bertz CT molecular complexity index is 1320. The first-order valence-electron chi connectivity index (χ1n) is 10.3. The van der Waals surface area contributed by atoms with Crippen LogP contribution in [-0.4, -0.2) is 29.1 Å². The number of amides is 2. The molecule has 2 amide bonds. The van der Waals surface area contributed by atoms with Gasteiger partial charge in [-0.1, -0.05) is 48.0 Å². The molecule has 3 aromatic carbocycles. The average Bonchev–Trinajstić information content (AvgIpc) is 3.07. The Morgan fingerprint density at radius 3 is 2.56 bits per heavy atom. The van der Waals surface area contributed by atoms with Gasteiger partial charge in [0.1, 0.15) is 5.82 Å². The highest BCUT2D eigenvalue weighted by molar-refractivity contribution is 8.18. The molecule has 1 heterocycles. The molecule has 1 aliphatic heterocycles. The number of carbonyl (C=O) groups is 3. The zero-order valence-electron chi connectivity index (χ0n) is 18.4. The van der Waals surface area contributed by atoms with Crippen LogP contribution in [0.2, 0.25) is 0 Å². The molecule has 0 bridgehead atoms. The number of esters is 1. The minimum Gasteiger partial charge on any atom is -0.493 e. The molecule has 0 saturated carbocycles. The Kier molecular flexibility index (Phi) is 6.79. The number of rotatable bonds is 6. The van der Waals surface area contributed by atoms with Gasteiger partial charge in [0.25, 0.3) is 11.1 Å². The van der Waals surface area contributed by atoms with Crippen molar-refractivity contribution in [2.75, 3.05) is 7.11 Å². The number of nitrogens with zero attached hydrogens (tertiary/aromatic N) is 1. The fourth-order valence-electron chi connectivity index (χ4n) is 3.42. The molecule has 8 heteroatoms. The van der Waals surface area contributed by atoms with Crippen molar-refractivity contribution in [2.45, 2.75) is 13.5 Å². The fourth-order valence-corrected chi connectivity index (χ4v) is 4.26. The largest absolute Gasteiger partial charge is 0.493 e. The van der Waals surface area contributed by atoms with Gasteiger partial charge in [-0.05, 0) is 60.2 Å². The molecule has 0 unspecified atom stereocenters. The zero-order valence-corrected chi connectivity index (χ0v) is 19.2. The number of ether oxygens (including phenoxy) is 2. The van der Waals surface area contributed by atoms with E-state index in [0.29, 0.717) is 5.56 Å². The van der Waals surface area contributed by atoms with Crippen molar-refractivity contribution in [3.63, 3.8) is 0 Å². The Balaban J connectivity index is 1.53. The summed E-state index contributed by atoms with van der Waals surface area (Å²) in [4.78, 5) is 39.1. The van der Waals surface area contributed by atoms with Gasteiger partial charge in [0.05, 0.1) is 24.1 Å². The van der Waals surface area contributed by atoms with Crippen LogP contribution in [0.4, 0.5) is 9.18 Å². The number of halogens is 1. The van der Waals surface area contributed by atoms with Crippen LogP contribution in [-0.2, 0) is 11.3 Å². The minimum atomic E-state index is -0.860. The smallest absolute Gasteiger partial charge is 0.346 e. The second-order valence-electron chi connectivity index (χ2n) is 7.54. The summed E-state index contributed by atoms with van der Waals surface area (Å²) in [6.07, 6.45) is 1.58. The number of carbonyl (C=O) groups excluding carboxylic acids is 3. The van der Waals surface area contributed by atoms with Crippen molar-refractivity contribution in [1.82, 2.24) is 4.90 Å². The van der Waals surface area contributed by atoms with E-state index in [-0.39, 0.29) is 39.7 Å². The molecular weight excluding hydrogens is 457 g/mol. The third kappa shape index (κ3) is 5.02. The molecule has 6 nitrogen and oxygen atoms in total. The van der Waals surface area contributed by atoms with Gasteiger partial charge in [-0.15, -0.1) is 0 Å². The summed E-state index contributed by atoms with van der Waals surface area (Å²) in [5.74, 6) is -1.62. The third-order valence-electron chi connectivity index (χ3n) is 5.08. The summed E-state index contributed by atoms with van der Waals surface area (Å²) in [6.45, 7) is 2.14. The molecule has 3 aromatic rings. The maximum absolute atomic E-state index is 13.9. The first-order chi connectivity index (χ1) is 16.4. The molecule has 0 atom stereocenters. The van der Waals surface area contributed by atoms with Crippen molar-refractivity contribution in [3.05, 3.63) is 99.7 Å². The molecule has 34 heavy (non-hydrogen) atoms. The molecule has 1 saturated heterocycles. The predicted molar refractivity (Wildman–Crippen MR) is 127 cm³/mol. The Labute approximate surface area is 200 Å².